The molecule has 2 aromatic rings. The van der Waals surface area contributed by atoms with E-state index in [1.807, 2.05) is 13.0 Å². The van der Waals surface area contributed by atoms with Crippen LogP contribution in [0, 0.1) is 12.7 Å². The van der Waals surface area contributed by atoms with E-state index in [0.29, 0.717) is 13.2 Å². The third-order valence-corrected chi connectivity index (χ3v) is 3.78. The van der Waals surface area contributed by atoms with Crippen molar-refractivity contribution < 1.29 is 13.9 Å². The zero-order valence-electron chi connectivity index (χ0n) is 12.8. The number of hydrogen-bond donors (Lipinski definition) is 1. The van der Waals surface area contributed by atoms with E-state index in [4.69, 9.17) is 9.47 Å². The highest BCUT2D eigenvalue weighted by Crippen LogP contribution is 2.24. The number of hydrogen-bond acceptors (Lipinski definition) is 4. The SMILES string of the molecule is Cc1cc(NCCCOC2CCOC2)c2cc(F)ccc2n1. The highest BCUT2D eigenvalue weighted by Gasteiger charge is 2.15. The molecule has 0 amide bonds. The third kappa shape index (κ3) is 3.72. The number of rotatable bonds is 6. The van der Waals surface area contributed by atoms with Crippen LogP contribution in [0.5, 0.6) is 0 Å². The second kappa shape index (κ2) is 7.03. The second-order valence-corrected chi connectivity index (χ2v) is 5.61. The lowest BCUT2D eigenvalue weighted by molar-refractivity contribution is 0.0427. The number of nitrogens with one attached hydrogen (secondary N) is 1. The lowest BCUT2D eigenvalue weighted by atomic mass is 10.1. The molecule has 1 aliphatic heterocycles. The molecular formula is C17H21FN2O2. The van der Waals surface area contributed by atoms with Crippen LogP contribution in [0.3, 0.4) is 0 Å². The summed E-state index contributed by atoms with van der Waals surface area (Å²) in [6.07, 6.45) is 2.13. The molecule has 2 heterocycles. The van der Waals surface area contributed by atoms with Gasteiger partial charge in [-0.15, -0.1) is 0 Å². The molecule has 22 heavy (non-hydrogen) atoms. The Hall–Kier alpha value is -1.72. The molecule has 4 nitrogen and oxygen atoms in total. The van der Waals surface area contributed by atoms with Gasteiger partial charge in [0.1, 0.15) is 5.82 Å². The lowest BCUT2D eigenvalue weighted by Gasteiger charge is -2.12. The van der Waals surface area contributed by atoms with Gasteiger partial charge in [-0.1, -0.05) is 0 Å². The van der Waals surface area contributed by atoms with Crippen LogP contribution < -0.4 is 5.32 Å². The molecule has 1 N–H and O–H groups in total. The number of aryl methyl sites for hydroxylation is 1. The van der Waals surface area contributed by atoms with Gasteiger partial charge in [0.25, 0.3) is 0 Å². The van der Waals surface area contributed by atoms with E-state index in [1.165, 1.54) is 12.1 Å². The Labute approximate surface area is 129 Å². The number of aromatic nitrogens is 1. The molecule has 1 fully saturated rings. The number of anilines is 1. The largest absolute Gasteiger partial charge is 0.384 e. The fraction of sp³-hybridized carbons (Fsp3) is 0.471. The number of nitrogens with zero attached hydrogens (tertiary/aromatic N) is 1. The number of benzene rings is 1. The molecule has 3 rings (SSSR count). The van der Waals surface area contributed by atoms with E-state index >= 15 is 0 Å². The van der Waals surface area contributed by atoms with Crippen LogP contribution in [0.4, 0.5) is 10.1 Å². The van der Waals surface area contributed by atoms with Gasteiger partial charge in [-0.05, 0) is 44.0 Å². The number of halogens is 1. The Morgan fingerprint density at radius 3 is 3.14 bits per heavy atom. The van der Waals surface area contributed by atoms with Gasteiger partial charge in [0.05, 0.1) is 18.2 Å². The lowest BCUT2D eigenvalue weighted by Crippen LogP contribution is -2.15. The summed E-state index contributed by atoms with van der Waals surface area (Å²) >= 11 is 0. The molecular weight excluding hydrogens is 283 g/mol. The Balaban J connectivity index is 1.57. The van der Waals surface area contributed by atoms with Crippen molar-refractivity contribution in [1.29, 1.82) is 0 Å². The minimum atomic E-state index is -0.245. The number of pyridine rings is 1. The molecule has 1 aliphatic rings. The van der Waals surface area contributed by atoms with E-state index in [1.54, 1.807) is 6.07 Å². The predicted octanol–water partition coefficient (Wildman–Crippen LogP) is 3.29. The van der Waals surface area contributed by atoms with Gasteiger partial charge < -0.3 is 14.8 Å². The third-order valence-electron chi connectivity index (χ3n) is 3.78. The minimum Gasteiger partial charge on any atom is -0.384 e. The maximum absolute atomic E-state index is 13.4. The first kappa shape index (κ1) is 15.2. The first-order chi connectivity index (χ1) is 10.7. The van der Waals surface area contributed by atoms with E-state index in [9.17, 15) is 4.39 Å². The fourth-order valence-electron chi connectivity index (χ4n) is 2.67. The van der Waals surface area contributed by atoms with Crippen molar-refractivity contribution in [3.05, 3.63) is 35.8 Å². The Morgan fingerprint density at radius 2 is 2.32 bits per heavy atom. The van der Waals surface area contributed by atoms with Gasteiger partial charge in [-0.3, -0.25) is 4.98 Å². The van der Waals surface area contributed by atoms with Crippen LogP contribution in [-0.4, -0.2) is 37.5 Å². The molecule has 118 valence electrons. The summed E-state index contributed by atoms with van der Waals surface area (Å²) in [7, 11) is 0. The minimum absolute atomic E-state index is 0.245. The summed E-state index contributed by atoms with van der Waals surface area (Å²) in [5, 5.41) is 4.18. The van der Waals surface area contributed by atoms with Crippen LogP contribution in [0.15, 0.2) is 24.3 Å². The van der Waals surface area contributed by atoms with Gasteiger partial charge in [0.2, 0.25) is 0 Å². The Morgan fingerprint density at radius 1 is 1.41 bits per heavy atom. The van der Waals surface area contributed by atoms with Crippen molar-refractivity contribution in [2.75, 3.05) is 31.7 Å². The number of ether oxygens (including phenoxy) is 2. The Bertz CT molecular complexity index is 642. The first-order valence-corrected chi connectivity index (χ1v) is 7.72. The molecule has 1 atom stereocenters. The maximum Gasteiger partial charge on any atom is 0.124 e. The van der Waals surface area contributed by atoms with Crippen molar-refractivity contribution in [3.8, 4) is 0 Å². The van der Waals surface area contributed by atoms with Crippen molar-refractivity contribution in [1.82, 2.24) is 4.98 Å². The van der Waals surface area contributed by atoms with Crippen LogP contribution in [-0.2, 0) is 9.47 Å². The molecule has 0 radical (unpaired) electrons. The van der Waals surface area contributed by atoms with Gasteiger partial charge >= 0.3 is 0 Å². The molecule has 0 bridgehead atoms. The smallest absolute Gasteiger partial charge is 0.124 e. The van der Waals surface area contributed by atoms with Crippen molar-refractivity contribution >= 4 is 16.6 Å². The second-order valence-electron chi connectivity index (χ2n) is 5.61. The van der Waals surface area contributed by atoms with Crippen LogP contribution in [0.25, 0.3) is 10.9 Å². The summed E-state index contributed by atoms with van der Waals surface area (Å²) in [6.45, 7) is 4.94. The van der Waals surface area contributed by atoms with Crippen LogP contribution in [0.1, 0.15) is 18.5 Å². The first-order valence-electron chi connectivity index (χ1n) is 7.72. The highest BCUT2D eigenvalue weighted by molar-refractivity contribution is 5.91. The van der Waals surface area contributed by atoms with E-state index in [2.05, 4.69) is 10.3 Å². The topological polar surface area (TPSA) is 43.4 Å². The Kier molecular flexibility index (Phi) is 4.85. The molecule has 1 aromatic carbocycles. The monoisotopic (exact) mass is 304 g/mol. The summed E-state index contributed by atoms with van der Waals surface area (Å²) in [5.41, 5.74) is 2.65. The highest BCUT2D eigenvalue weighted by atomic mass is 19.1. The van der Waals surface area contributed by atoms with E-state index in [0.717, 1.165) is 48.3 Å². The van der Waals surface area contributed by atoms with Crippen molar-refractivity contribution in [3.63, 3.8) is 0 Å². The van der Waals surface area contributed by atoms with Crippen molar-refractivity contribution in [2.24, 2.45) is 0 Å². The van der Waals surface area contributed by atoms with Gasteiger partial charge in [-0.2, -0.15) is 0 Å². The average molecular weight is 304 g/mol. The quantitative estimate of drug-likeness (QED) is 0.832. The average Bonchev–Trinajstić information content (AvgIpc) is 3.00. The molecule has 1 saturated heterocycles. The summed E-state index contributed by atoms with van der Waals surface area (Å²) in [5.74, 6) is -0.245. The molecule has 5 heteroatoms. The predicted molar refractivity (Wildman–Crippen MR) is 84.7 cm³/mol. The molecule has 0 saturated carbocycles. The molecule has 1 unspecified atom stereocenters. The zero-order chi connectivity index (χ0) is 15.4. The van der Waals surface area contributed by atoms with Gasteiger partial charge in [0, 0.05) is 36.5 Å². The van der Waals surface area contributed by atoms with Gasteiger partial charge in [-0.25, -0.2) is 4.39 Å². The standard InChI is InChI=1S/C17H21FN2O2/c1-12-9-17(15-10-13(18)3-4-16(15)20-12)19-6-2-7-22-14-5-8-21-11-14/h3-4,9-10,14H,2,5-8,11H2,1H3,(H,19,20). The fourth-order valence-corrected chi connectivity index (χ4v) is 2.67. The molecule has 1 aromatic heterocycles. The van der Waals surface area contributed by atoms with Crippen LogP contribution >= 0.6 is 0 Å². The number of fused-ring (bicyclic) bond motifs is 1. The normalized spacial score (nSPS) is 18.0. The van der Waals surface area contributed by atoms with Gasteiger partial charge in [0.15, 0.2) is 0 Å². The zero-order valence-corrected chi connectivity index (χ0v) is 12.8. The summed E-state index contributed by atoms with van der Waals surface area (Å²) in [4.78, 5) is 4.43. The maximum atomic E-state index is 13.4. The summed E-state index contributed by atoms with van der Waals surface area (Å²) < 4.78 is 24.5. The molecule has 0 spiro atoms. The summed E-state index contributed by atoms with van der Waals surface area (Å²) in [6, 6.07) is 6.63. The van der Waals surface area contributed by atoms with E-state index in [-0.39, 0.29) is 11.9 Å². The molecule has 0 aliphatic carbocycles. The van der Waals surface area contributed by atoms with E-state index < -0.39 is 0 Å². The van der Waals surface area contributed by atoms with Crippen molar-refractivity contribution in [2.45, 2.75) is 25.9 Å². The van der Waals surface area contributed by atoms with Crippen LogP contribution in [0.2, 0.25) is 0 Å².